The molecule has 0 spiro atoms. The Morgan fingerprint density at radius 2 is 1.85 bits per heavy atom. The fourth-order valence-electron chi connectivity index (χ4n) is 3.66. The Balaban J connectivity index is 0.00000131. The van der Waals surface area contributed by atoms with Gasteiger partial charge in [0, 0.05) is 43.3 Å². The number of nitrogens with one attached hydrogen (secondary N) is 2. The van der Waals surface area contributed by atoms with Gasteiger partial charge >= 0.3 is 0 Å². The highest BCUT2D eigenvalue weighted by atomic mass is 35.5. The molecule has 4 nitrogen and oxygen atoms in total. The van der Waals surface area contributed by atoms with Gasteiger partial charge in [0.1, 0.15) is 0 Å². The van der Waals surface area contributed by atoms with E-state index in [9.17, 15) is 4.79 Å². The van der Waals surface area contributed by atoms with Crippen LogP contribution >= 0.6 is 24.8 Å². The third-order valence-electron chi connectivity index (χ3n) is 5.00. The van der Waals surface area contributed by atoms with E-state index in [1.54, 1.807) is 6.20 Å². The lowest BCUT2D eigenvalue weighted by Gasteiger charge is -2.19. The zero-order valence-corrected chi connectivity index (χ0v) is 16.4. The molecule has 1 fully saturated rings. The van der Waals surface area contributed by atoms with Gasteiger partial charge in [-0.15, -0.1) is 24.8 Å². The lowest BCUT2D eigenvalue weighted by atomic mass is 9.88. The summed E-state index contributed by atoms with van der Waals surface area (Å²) in [6.45, 7) is 2.12. The van der Waals surface area contributed by atoms with E-state index in [1.165, 1.54) is 5.56 Å². The minimum Gasteiger partial charge on any atom is -0.352 e. The SMILES string of the molecule is Cl.Cl.O=C(NCc1cccc2cnccc12)C1CNCC1c1ccccc1. The number of carbonyl (C=O) groups excluding carboxylic acids is 1. The lowest BCUT2D eigenvalue weighted by Crippen LogP contribution is -2.34. The Bertz CT molecular complexity index is 883. The van der Waals surface area contributed by atoms with Gasteiger partial charge in [0.2, 0.25) is 5.91 Å². The molecule has 0 radical (unpaired) electrons. The zero-order chi connectivity index (χ0) is 17.1. The molecule has 6 heteroatoms. The lowest BCUT2D eigenvalue weighted by molar-refractivity contribution is -0.125. The Kier molecular flexibility index (Phi) is 7.60. The van der Waals surface area contributed by atoms with Crippen molar-refractivity contribution >= 4 is 41.5 Å². The van der Waals surface area contributed by atoms with Crippen molar-refractivity contribution in [1.29, 1.82) is 0 Å². The van der Waals surface area contributed by atoms with Crippen molar-refractivity contribution in [3.63, 3.8) is 0 Å². The molecule has 2 aromatic carbocycles. The molecule has 1 aliphatic rings. The van der Waals surface area contributed by atoms with Crippen LogP contribution < -0.4 is 10.6 Å². The van der Waals surface area contributed by atoms with Crippen LogP contribution in [0.1, 0.15) is 17.0 Å². The van der Waals surface area contributed by atoms with E-state index in [4.69, 9.17) is 0 Å². The predicted octanol–water partition coefficient (Wildman–Crippen LogP) is 3.70. The number of pyridine rings is 1. The maximum atomic E-state index is 12.8. The van der Waals surface area contributed by atoms with E-state index >= 15 is 0 Å². The molecule has 3 aromatic rings. The molecular weight excluding hydrogens is 381 g/mol. The van der Waals surface area contributed by atoms with Crippen molar-refractivity contribution in [2.75, 3.05) is 13.1 Å². The molecule has 142 valence electrons. The monoisotopic (exact) mass is 403 g/mol. The van der Waals surface area contributed by atoms with Crippen LogP contribution in [0.15, 0.2) is 67.0 Å². The molecule has 4 rings (SSSR count). The third kappa shape index (κ3) is 4.59. The highest BCUT2D eigenvalue weighted by Gasteiger charge is 2.33. The van der Waals surface area contributed by atoms with Crippen LogP contribution in [-0.2, 0) is 11.3 Å². The van der Waals surface area contributed by atoms with Gasteiger partial charge < -0.3 is 10.6 Å². The number of nitrogens with zero attached hydrogens (tertiary/aromatic N) is 1. The summed E-state index contributed by atoms with van der Waals surface area (Å²) in [7, 11) is 0. The standard InChI is InChI=1S/C21H21N3O.2ClH/c25-21(20-14-23-13-19(20)15-5-2-1-3-6-15)24-12-17-8-4-7-16-11-22-10-9-18(16)17;;/h1-11,19-20,23H,12-14H2,(H,24,25);2*1H. The molecule has 27 heavy (non-hydrogen) atoms. The van der Waals surface area contributed by atoms with Crippen LogP contribution in [0.5, 0.6) is 0 Å². The number of amides is 1. The van der Waals surface area contributed by atoms with E-state index < -0.39 is 0 Å². The molecule has 1 aliphatic heterocycles. The molecule has 1 saturated heterocycles. The van der Waals surface area contributed by atoms with Crippen molar-refractivity contribution in [3.8, 4) is 0 Å². The number of benzene rings is 2. The first-order valence-electron chi connectivity index (χ1n) is 8.68. The number of rotatable bonds is 4. The van der Waals surface area contributed by atoms with E-state index in [2.05, 4.69) is 33.8 Å². The molecule has 2 unspecified atom stereocenters. The second kappa shape index (κ2) is 9.70. The van der Waals surface area contributed by atoms with Gasteiger partial charge in [-0.1, -0.05) is 48.5 Å². The second-order valence-electron chi connectivity index (χ2n) is 6.51. The fourth-order valence-corrected chi connectivity index (χ4v) is 3.66. The largest absolute Gasteiger partial charge is 0.352 e. The Morgan fingerprint density at radius 3 is 2.67 bits per heavy atom. The smallest absolute Gasteiger partial charge is 0.225 e. The van der Waals surface area contributed by atoms with Gasteiger partial charge in [-0.05, 0) is 22.6 Å². The fraction of sp³-hybridized carbons (Fsp3) is 0.238. The van der Waals surface area contributed by atoms with E-state index in [1.807, 2.05) is 42.6 Å². The highest BCUT2D eigenvalue weighted by Crippen LogP contribution is 2.28. The number of hydrogen-bond acceptors (Lipinski definition) is 3. The zero-order valence-electron chi connectivity index (χ0n) is 14.8. The average molecular weight is 404 g/mol. The topological polar surface area (TPSA) is 54.0 Å². The summed E-state index contributed by atoms with van der Waals surface area (Å²) in [6.07, 6.45) is 3.65. The quantitative estimate of drug-likeness (QED) is 0.697. The maximum Gasteiger partial charge on any atom is 0.225 e. The van der Waals surface area contributed by atoms with Crippen LogP contribution in [0.25, 0.3) is 10.8 Å². The van der Waals surface area contributed by atoms with E-state index in [0.29, 0.717) is 6.54 Å². The minimum absolute atomic E-state index is 0. The predicted molar refractivity (Wildman–Crippen MR) is 114 cm³/mol. The second-order valence-corrected chi connectivity index (χ2v) is 6.51. The number of aromatic nitrogens is 1. The van der Waals surface area contributed by atoms with Crippen molar-refractivity contribution in [2.24, 2.45) is 5.92 Å². The van der Waals surface area contributed by atoms with Gasteiger partial charge in [0.05, 0.1) is 5.92 Å². The number of fused-ring (bicyclic) bond motifs is 1. The van der Waals surface area contributed by atoms with Crippen molar-refractivity contribution < 1.29 is 4.79 Å². The summed E-state index contributed by atoms with van der Waals surface area (Å²) in [6, 6.07) is 18.4. The molecule has 0 bridgehead atoms. The molecule has 2 heterocycles. The Labute approximate surface area is 171 Å². The summed E-state index contributed by atoms with van der Waals surface area (Å²) in [5.74, 6) is 0.321. The van der Waals surface area contributed by atoms with Crippen molar-refractivity contribution in [1.82, 2.24) is 15.6 Å². The van der Waals surface area contributed by atoms with Gasteiger partial charge in [-0.2, -0.15) is 0 Å². The summed E-state index contributed by atoms with van der Waals surface area (Å²) in [5.41, 5.74) is 2.35. The average Bonchev–Trinajstić information content (AvgIpc) is 3.17. The summed E-state index contributed by atoms with van der Waals surface area (Å²) in [4.78, 5) is 16.9. The number of carbonyl (C=O) groups is 1. The van der Waals surface area contributed by atoms with Gasteiger partial charge in [-0.25, -0.2) is 0 Å². The van der Waals surface area contributed by atoms with E-state index in [-0.39, 0.29) is 42.6 Å². The van der Waals surface area contributed by atoms with Crippen LogP contribution in [0.2, 0.25) is 0 Å². The molecule has 1 aromatic heterocycles. The summed E-state index contributed by atoms with van der Waals surface area (Å²) >= 11 is 0. The maximum absolute atomic E-state index is 12.8. The molecule has 2 N–H and O–H groups in total. The first-order valence-corrected chi connectivity index (χ1v) is 8.68. The van der Waals surface area contributed by atoms with Crippen molar-refractivity contribution in [2.45, 2.75) is 12.5 Å². The molecule has 0 saturated carbocycles. The first kappa shape index (κ1) is 21.2. The summed E-state index contributed by atoms with van der Waals surface area (Å²) < 4.78 is 0. The Hall–Kier alpha value is -2.14. The van der Waals surface area contributed by atoms with Crippen molar-refractivity contribution in [3.05, 3.63) is 78.1 Å². The minimum atomic E-state index is -0.0287. The van der Waals surface area contributed by atoms with Crippen LogP contribution in [-0.4, -0.2) is 24.0 Å². The molecule has 0 aliphatic carbocycles. The number of halogens is 2. The van der Waals surface area contributed by atoms with Gasteiger partial charge in [0.15, 0.2) is 0 Å². The number of hydrogen-bond donors (Lipinski definition) is 2. The van der Waals surface area contributed by atoms with Gasteiger partial charge in [0.25, 0.3) is 0 Å². The van der Waals surface area contributed by atoms with Crippen LogP contribution in [0.3, 0.4) is 0 Å². The van der Waals surface area contributed by atoms with Gasteiger partial charge in [-0.3, -0.25) is 9.78 Å². The highest BCUT2D eigenvalue weighted by molar-refractivity contribution is 5.86. The molecular formula is C21H23Cl2N3O. The summed E-state index contributed by atoms with van der Waals surface area (Å²) in [5, 5.41) is 8.73. The molecule has 2 atom stereocenters. The van der Waals surface area contributed by atoms with Crippen LogP contribution in [0, 0.1) is 5.92 Å². The first-order chi connectivity index (χ1) is 12.3. The molecule has 1 amide bonds. The van der Waals surface area contributed by atoms with E-state index in [0.717, 1.165) is 29.4 Å². The Morgan fingerprint density at radius 1 is 1.04 bits per heavy atom. The normalized spacial score (nSPS) is 18.4. The third-order valence-corrected chi connectivity index (χ3v) is 5.00. The van der Waals surface area contributed by atoms with Crippen LogP contribution in [0.4, 0.5) is 0 Å².